The van der Waals surface area contributed by atoms with Crippen LogP contribution >= 0.6 is 0 Å². The van der Waals surface area contributed by atoms with Gasteiger partial charge in [0.05, 0.1) is 6.42 Å². The lowest BCUT2D eigenvalue weighted by Crippen LogP contribution is -2.26. The Kier molecular flexibility index (Phi) is 3.94. The molecule has 2 rings (SSSR count). The van der Waals surface area contributed by atoms with Crippen LogP contribution in [0.5, 0.6) is 0 Å². The van der Waals surface area contributed by atoms with Gasteiger partial charge in [-0.25, -0.2) is 0 Å². The molecule has 2 N–H and O–H groups in total. The predicted octanol–water partition coefficient (Wildman–Crippen LogP) is 1.43. The third kappa shape index (κ3) is 3.30. The van der Waals surface area contributed by atoms with Crippen LogP contribution in [0.3, 0.4) is 0 Å². The van der Waals surface area contributed by atoms with Gasteiger partial charge in [-0.15, -0.1) is 0 Å². The van der Waals surface area contributed by atoms with E-state index in [1.54, 1.807) is 24.3 Å². The molecule has 1 amide bonds. The fraction of sp³-hybridized carbons (Fsp3) is 0.385. The van der Waals surface area contributed by atoms with Crippen LogP contribution in [0, 0.1) is 0 Å². The third-order valence-electron chi connectivity index (χ3n) is 2.77. The molecule has 0 bridgehead atoms. The number of carboxylic acid groups (broad SMARTS) is 1. The molecule has 1 saturated heterocycles. The van der Waals surface area contributed by atoms with Crippen LogP contribution in [-0.4, -0.2) is 29.7 Å². The molecular weight excluding hydrogens is 234 g/mol. The van der Waals surface area contributed by atoms with Gasteiger partial charge < -0.3 is 15.2 Å². The van der Waals surface area contributed by atoms with Crippen molar-refractivity contribution in [2.24, 2.45) is 0 Å². The Bertz CT molecular complexity index is 452. The number of amides is 1. The van der Waals surface area contributed by atoms with E-state index in [9.17, 15) is 9.59 Å². The molecule has 0 spiro atoms. The number of carboxylic acids is 1. The minimum Gasteiger partial charge on any atom is -0.481 e. The molecule has 1 atom stereocenters. The molecule has 1 aromatic carbocycles. The molecular formula is C13H15NO4. The first-order valence-corrected chi connectivity index (χ1v) is 5.88. The number of rotatable bonds is 4. The molecule has 0 aliphatic carbocycles. The standard InChI is InChI=1S/C13H15NO4/c15-12(16)8-9-3-1-4-10(7-9)14-13(17)11-5-2-6-18-11/h1,3-4,7,11H,2,5-6,8H2,(H,14,17)(H,15,16). The van der Waals surface area contributed by atoms with Gasteiger partial charge in [-0.2, -0.15) is 0 Å². The Balaban J connectivity index is 2.00. The minimum atomic E-state index is -0.891. The number of benzene rings is 1. The normalized spacial score (nSPS) is 18.6. The van der Waals surface area contributed by atoms with Gasteiger partial charge in [0.1, 0.15) is 6.10 Å². The van der Waals surface area contributed by atoms with E-state index in [0.717, 1.165) is 12.8 Å². The van der Waals surface area contributed by atoms with Crippen molar-refractivity contribution >= 4 is 17.6 Å². The van der Waals surface area contributed by atoms with E-state index in [1.807, 2.05) is 0 Å². The average molecular weight is 249 g/mol. The first-order chi connectivity index (χ1) is 8.65. The van der Waals surface area contributed by atoms with Gasteiger partial charge in [-0.3, -0.25) is 9.59 Å². The smallest absolute Gasteiger partial charge is 0.307 e. The summed E-state index contributed by atoms with van der Waals surface area (Å²) in [4.78, 5) is 22.4. The molecule has 5 nitrogen and oxygen atoms in total. The third-order valence-corrected chi connectivity index (χ3v) is 2.77. The van der Waals surface area contributed by atoms with Crippen molar-refractivity contribution in [3.8, 4) is 0 Å². The Hall–Kier alpha value is -1.88. The molecule has 0 saturated carbocycles. The first kappa shape index (κ1) is 12.6. The van der Waals surface area contributed by atoms with E-state index in [-0.39, 0.29) is 18.4 Å². The number of nitrogens with one attached hydrogen (secondary N) is 1. The molecule has 1 aromatic rings. The lowest BCUT2D eigenvalue weighted by molar-refractivity contribution is -0.136. The second-order valence-electron chi connectivity index (χ2n) is 4.26. The van der Waals surface area contributed by atoms with Crippen molar-refractivity contribution in [2.45, 2.75) is 25.4 Å². The Morgan fingerprint density at radius 3 is 2.94 bits per heavy atom. The lowest BCUT2D eigenvalue weighted by Gasteiger charge is -2.11. The van der Waals surface area contributed by atoms with Gasteiger partial charge in [-0.1, -0.05) is 12.1 Å². The number of hydrogen-bond donors (Lipinski definition) is 2. The Labute approximate surface area is 105 Å². The van der Waals surface area contributed by atoms with Crippen LogP contribution in [0.4, 0.5) is 5.69 Å². The number of anilines is 1. The van der Waals surface area contributed by atoms with E-state index >= 15 is 0 Å². The van der Waals surface area contributed by atoms with Gasteiger partial charge in [0.15, 0.2) is 0 Å². The Morgan fingerprint density at radius 2 is 2.28 bits per heavy atom. The maximum Gasteiger partial charge on any atom is 0.307 e. The van der Waals surface area contributed by atoms with Crippen molar-refractivity contribution in [1.82, 2.24) is 0 Å². The zero-order valence-electron chi connectivity index (χ0n) is 9.89. The SMILES string of the molecule is O=C(O)Cc1cccc(NC(=O)C2CCCO2)c1. The van der Waals surface area contributed by atoms with Crippen LogP contribution in [0.15, 0.2) is 24.3 Å². The topological polar surface area (TPSA) is 75.6 Å². The average Bonchev–Trinajstić information content (AvgIpc) is 2.81. The molecule has 5 heteroatoms. The maximum absolute atomic E-state index is 11.8. The summed E-state index contributed by atoms with van der Waals surface area (Å²) in [6.07, 6.45) is 1.20. The quantitative estimate of drug-likeness (QED) is 0.846. The number of aliphatic carboxylic acids is 1. The van der Waals surface area contributed by atoms with Crippen molar-refractivity contribution in [3.63, 3.8) is 0 Å². The van der Waals surface area contributed by atoms with Crippen molar-refractivity contribution in [2.75, 3.05) is 11.9 Å². The highest BCUT2D eigenvalue weighted by Crippen LogP contribution is 2.16. The highest BCUT2D eigenvalue weighted by Gasteiger charge is 2.23. The van der Waals surface area contributed by atoms with E-state index in [2.05, 4.69) is 5.32 Å². The lowest BCUT2D eigenvalue weighted by atomic mass is 10.1. The highest BCUT2D eigenvalue weighted by molar-refractivity contribution is 5.94. The van der Waals surface area contributed by atoms with E-state index in [1.165, 1.54) is 0 Å². The highest BCUT2D eigenvalue weighted by atomic mass is 16.5. The van der Waals surface area contributed by atoms with Crippen molar-refractivity contribution in [1.29, 1.82) is 0 Å². The summed E-state index contributed by atoms with van der Waals surface area (Å²) in [5.41, 5.74) is 1.27. The summed E-state index contributed by atoms with van der Waals surface area (Å²) < 4.78 is 5.28. The number of ether oxygens (including phenoxy) is 1. The molecule has 0 aromatic heterocycles. The van der Waals surface area contributed by atoms with E-state index < -0.39 is 5.97 Å². The number of carbonyl (C=O) groups excluding carboxylic acids is 1. The van der Waals surface area contributed by atoms with Gasteiger partial charge in [0.25, 0.3) is 5.91 Å². The van der Waals surface area contributed by atoms with Crippen molar-refractivity contribution in [3.05, 3.63) is 29.8 Å². The van der Waals surface area contributed by atoms with Gasteiger partial charge >= 0.3 is 5.97 Å². The first-order valence-electron chi connectivity index (χ1n) is 5.88. The second-order valence-corrected chi connectivity index (χ2v) is 4.26. The van der Waals surface area contributed by atoms with Crippen LogP contribution in [0.25, 0.3) is 0 Å². The van der Waals surface area contributed by atoms with E-state index in [0.29, 0.717) is 17.9 Å². The summed E-state index contributed by atoms with van der Waals surface area (Å²) in [6.45, 7) is 0.622. The fourth-order valence-corrected chi connectivity index (χ4v) is 1.94. The summed E-state index contributed by atoms with van der Waals surface area (Å²) in [6, 6.07) is 6.85. The summed E-state index contributed by atoms with van der Waals surface area (Å²) in [5.74, 6) is -1.06. The summed E-state index contributed by atoms with van der Waals surface area (Å²) in [5, 5.41) is 11.4. The summed E-state index contributed by atoms with van der Waals surface area (Å²) in [7, 11) is 0. The zero-order chi connectivity index (χ0) is 13.0. The zero-order valence-corrected chi connectivity index (χ0v) is 9.89. The number of carbonyl (C=O) groups is 2. The van der Waals surface area contributed by atoms with Gasteiger partial charge in [-0.05, 0) is 30.5 Å². The van der Waals surface area contributed by atoms with E-state index in [4.69, 9.17) is 9.84 Å². The molecule has 1 aliphatic rings. The molecule has 18 heavy (non-hydrogen) atoms. The molecule has 1 aliphatic heterocycles. The summed E-state index contributed by atoms with van der Waals surface area (Å²) >= 11 is 0. The van der Waals surface area contributed by atoms with Crippen LogP contribution in [-0.2, 0) is 20.7 Å². The maximum atomic E-state index is 11.8. The number of hydrogen-bond acceptors (Lipinski definition) is 3. The largest absolute Gasteiger partial charge is 0.481 e. The van der Waals surface area contributed by atoms with Crippen LogP contribution < -0.4 is 5.32 Å². The van der Waals surface area contributed by atoms with Crippen LogP contribution in [0.2, 0.25) is 0 Å². The minimum absolute atomic E-state index is 0.0519. The Morgan fingerprint density at radius 1 is 1.44 bits per heavy atom. The monoisotopic (exact) mass is 249 g/mol. The fourth-order valence-electron chi connectivity index (χ4n) is 1.94. The predicted molar refractivity (Wildman–Crippen MR) is 65.4 cm³/mol. The van der Waals surface area contributed by atoms with Crippen LogP contribution in [0.1, 0.15) is 18.4 Å². The second kappa shape index (κ2) is 5.64. The van der Waals surface area contributed by atoms with Crippen molar-refractivity contribution < 1.29 is 19.4 Å². The molecule has 1 unspecified atom stereocenters. The van der Waals surface area contributed by atoms with Gasteiger partial charge in [0.2, 0.25) is 0 Å². The molecule has 1 fully saturated rings. The molecule has 0 radical (unpaired) electrons. The molecule has 96 valence electrons. The van der Waals surface area contributed by atoms with Gasteiger partial charge in [0, 0.05) is 12.3 Å². The molecule has 1 heterocycles.